The fourth-order valence-electron chi connectivity index (χ4n) is 1.89. The summed E-state index contributed by atoms with van der Waals surface area (Å²) < 4.78 is 0. The molecule has 0 aliphatic rings. The highest BCUT2D eigenvalue weighted by Crippen LogP contribution is 2.16. The lowest BCUT2D eigenvalue weighted by Crippen LogP contribution is -2.17. The molecule has 2 aromatic carbocycles. The van der Waals surface area contributed by atoms with E-state index in [-0.39, 0.29) is 5.91 Å². The van der Waals surface area contributed by atoms with Gasteiger partial charge in [0.05, 0.1) is 0 Å². The standard InChI is InChI=1S/C17H18N2O/c1-14(15-8-4-2-5-9-15)12-13-18-19-17(20)16-10-6-3-7-11-16/h2-11,13-14H,12H2,1H3,(H,19,20)/b18-13+. The quantitative estimate of drug-likeness (QED) is 0.652. The van der Waals surface area contributed by atoms with Gasteiger partial charge < -0.3 is 0 Å². The fraction of sp³-hybridized carbons (Fsp3) is 0.176. The number of carbonyl (C=O) groups excluding carboxylic acids is 1. The van der Waals surface area contributed by atoms with Crippen LogP contribution >= 0.6 is 0 Å². The van der Waals surface area contributed by atoms with Gasteiger partial charge in [-0.25, -0.2) is 5.43 Å². The maximum atomic E-state index is 11.7. The van der Waals surface area contributed by atoms with Crippen LogP contribution in [0.5, 0.6) is 0 Å². The molecule has 0 bridgehead atoms. The fourth-order valence-corrected chi connectivity index (χ4v) is 1.89. The van der Waals surface area contributed by atoms with E-state index in [4.69, 9.17) is 0 Å². The molecule has 1 amide bonds. The van der Waals surface area contributed by atoms with Gasteiger partial charge >= 0.3 is 0 Å². The lowest BCUT2D eigenvalue weighted by molar-refractivity contribution is 0.0955. The summed E-state index contributed by atoms with van der Waals surface area (Å²) in [5.74, 6) is 0.197. The predicted octanol–water partition coefficient (Wildman–Crippen LogP) is 3.60. The molecule has 2 aromatic rings. The highest BCUT2D eigenvalue weighted by Gasteiger charge is 2.03. The van der Waals surface area contributed by atoms with E-state index in [2.05, 4.69) is 29.6 Å². The Labute approximate surface area is 119 Å². The first kappa shape index (κ1) is 14.0. The van der Waals surface area contributed by atoms with Crippen LogP contribution in [-0.2, 0) is 0 Å². The van der Waals surface area contributed by atoms with E-state index >= 15 is 0 Å². The second-order valence-corrected chi connectivity index (χ2v) is 4.67. The van der Waals surface area contributed by atoms with E-state index in [1.54, 1.807) is 18.3 Å². The van der Waals surface area contributed by atoms with E-state index in [0.29, 0.717) is 11.5 Å². The molecule has 0 aliphatic carbocycles. The number of benzene rings is 2. The molecule has 2 rings (SSSR count). The van der Waals surface area contributed by atoms with Crippen LogP contribution in [0.15, 0.2) is 65.8 Å². The summed E-state index contributed by atoms with van der Waals surface area (Å²) in [5.41, 5.74) is 4.42. The largest absolute Gasteiger partial charge is 0.271 e. The van der Waals surface area contributed by atoms with Crippen LogP contribution in [0.3, 0.4) is 0 Å². The Morgan fingerprint density at radius 2 is 1.70 bits per heavy atom. The van der Waals surface area contributed by atoms with Crippen molar-refractivity contribution in [1.29, 1.82) is 0 Å². The second kappa shape index (κ2) is 7.24. The van der Waals surface area contributed by atoms with Crippen LogP contribution < -0.4 is 5.43 Å². The Balaban J connectivity index is 1.81. The minimum atomic E-state index is -0.186. The zero-order chi connectivity index (χ0) is 14.2. The van der Waals surface area contributed by atoms with Crippen molar-refractivity contribution in [2.45, 2.75) is 19.3 Å². The first-order chi connectivity index (χ1) is 9.77. The summed E-state index contributed by atoms with van der Waals surface area (Å²) >= 11 is 0. The van der Waals surface area contributed by atoms with Gasteiger partial charge in [-0.1, -0.05) is 55.5 Å². The van der Waals surface area contributed by atoms with E-state index in [9.17, 15) is 4.79 Å². The lowest BCUT2D eigenvalue weighted by atomic mass is 9.99. The smallest absolute Gasteiger partial charge is 0.267 e. The monoisotopic (exact) mass is 266 g/mol. The number of amides is 1. The van der Waals surface area contributed by atoms with Gasteiger partial charge in [-0.05, 0) is 30.0 Å². The number of hydrazone groups is 1. The Hall–Kier alpha value is -2.42. The Bertz CT molecular complexity index is 564. The molecule has 0 saturated carbocycles. The highest BCUT2D eigenvalue weighted by molar-refractivity contribution is 5.94. The number of hydrogen-bond donors (Lipinski definition) is 1. The van der Waals surface area contributed by atoms with Crippen molar-refractivity contribution in [2.24, 2.45) is 5.10 Å². The van der Waals surface area contributed by atoms with Gasteiger partial charge in [0.2, 0.25) is 0 Å². The summed E-state index contributed by atoms with van der Waals surface area (Å²) in [6.45, 7) is 2.14. The zero-order valence-electron chi connectivity index (χ0n) is 11.5. The van der Waals surface area contributed by atoms with Crippen molar-refractivity contribution in [3.05, 3.63) is 71.8 Å². The van der Waals surface area contributed by atoms with Gasteiger partial charge in [0, 0.05) is 11.8 Å². The molecule has 0 fully saturated rings. The Morgan fingerprint density at radius 3 is 2.35 bits per heavy atom. The van der Waals surface area contributed by atoms with Crippen molar-refractivity contribution in [1.82, 2.24) is 5.43 Å². The summed E-state index contributed by atoms with van der Waals surface area (Å²) in [5, 5.41) is 3.99. The number of carbonyl (C=O) groups is 1. The van der Waals surface area contributed by atoms with Gasteiger partial charge in [-0.15, -0.1) is 0 Å². The molecule has 3 nitrogen and oxygen atoms in total. The molecule has 3 heteroatoms. The van der Waals surface area contributed by atoms with Crippen LogP contribution in [0.1, 0.15) is 35.2 Å². The van der Waals surface area contributed by atoms with Crippen LogP contribution in [0.4, 0.5) is 0 Å². The first-order valence-electron chi connectivity index (χ1n) is 6.69. The molecular formula is C17H18N2O. The van der Waals surface area contributed by atoms with E-state index in [1.165, 1.54) is 5.56 Å². The molecule has 1 atom stereocenters. The summed E-state index contributed by atoms with van der Waals surface area (Å²) in [7, 11) is 0. The van der Waals surface area contributed by atoms with Crippen LogP contribution in [-0.4, -0.2) is 12.1 Å². The molecule has 0 saturated heterocycles. The topological polar surface area (TPSA) is 41.5 Å². The van der Waals surface area contributed by atoms with Gasteiger partial charge in [-0.3, -0.25) is 4.79 Å². The van der Waals surface area contributed by atoms with Gasteiger partial charge in [-0.2, -0.15) is 5.10 Å². The Kier molecular flexibility index (Phi) is 5.07. The molecule has 1 N–H and O–H groups in total. The maximum Gasteiger partial charge on any atom is 0.271 e. The molecule has 0 aliphatic heterocycles. The number of rotatable bonds is 5. The molecule has 0 spiro atoms. The van der Waals surface area contributed by atoms with E-state index < -0.39 is 0 Å². The van der Waals surface area contributed by atoms with Crippen LogP contribution in [0, 0.1) is 0 Å². The third kappa shape index (κ3) is 4.05. The normalized spacial score (nSPS) is 12.2. The molecule has 20 heavy (non-hydrogen) atoms. The van der Waals surface area contributed by atoms with Crippen LogP contribution in [0.25, 0.3) is 0 Å². The Morgan fingerprint density at radius 1 is 1.10 bits per heavy atom. The minimum Gasteiger partial charge on any atom is -0.267 e. The second-order valence-electron chi connectivity index (χ2n) is 4.67. The van der Waals surface area contributed by atoms with Crippen molar-refractivity contribution in [2.75, 3.05) is 0 Å². The van der Waals surface area contributed by atoms with Gasteiger partial charge in [0.25, 0.3) is 5.91 Å². The number of nitrogens with zero attached hydrogens (tertiary/aromatic N) is 1. The molecular weight excluding hydrogens is 248 g/mol. The minimum absolute atomic E-state index is 0.186. The summed E-state index contributed by atoms with van der Waals surface area (Å²) in [4.78, 5) is 11.7. The molecule has 0 heterocycles. The maximum absolute atomic E-state index is 11.7. The van der Waals surface area contributed by atoms with Crippen LogP contribution in [0.2, 0.25) is 0 Å². The van der Waals surface area contributed by atoms with Gasteiger partial charge in [0.15, 0.2) is 0 Å². The van der Waals surface area contributed by atoms with Crippen molar-refractivity contribution >= 4 is 12.1 Å². The predicted molar refractivity (Wildman–Crippen MR) is 81.9 cm³/mol. The summed E-state index contributed by atoms with van der Waals surface area (Å²) in [6, 6.07) is 19.3. The molecule has 0 radical (unpaired) electrons. The SMILES string of the molecule is CC(C/C=N/NC(=O)c1ccccc1)c1ccccc1. The van der Waals surface area contributed by atoms with Crippen molar-refractivity contribution in [3.63, 3.8) is 0 Å². The van der Waals surface area contributed by atoms with E-state index in [0.717, 1.165) is 6.42 Å². The average Bonchev–Trinajstić information content (AvgIpc) is 2.53. The van der Waals surface area contributed by atoms with E-state index in [1.807, 2.05) is 36.4 Å². The van der Waals surface area contributed by atoms with Gasteiger partial charge in [0.1, 0.15) is 0 Å². The number of hydrogen-bond acceptors (Lipinski definition) is 2. The number of nitrogens with one attached hydrogen (secondary N) is 1. The third-order valence-corrected chi connectivity index (χ3v) is 3.12. The third-order valence-electron chi connectivity index (χ3n) is 3.12. The molecule has 0 aromatic heterocycles. The average molecular weight is 266 g/mol. The first-order valence-corrected chi connectivity index (χ1v) is 6.69. The molecule has 1 unspecified atom stereocenters. The van der Waals surface area contributed by atoms with Crippen molar-refractivity contribution in [3.8, 4) is 0 Å². The summed E-state index contributed by atoms with van der Waals surface area (Å²) in [6.07, 6.45) is 2.54. The highest BCUT2D eigenvalue weighted by atomic mass is 16.2. The molecule has 102 valence electrons. The zero-order valence-corrected chi connectivity index (χ0v) is 11.5. The van der Waals surface area contributed by atoms with Crippen molar-refractivity contribution < 1.29 is 4.79 Å². The lowest BCUT2D eigenvalue weighted by Gasteiger charge is -2.07.